The largest absolute Gasteiger partial charge is 0.295 e. The quantitative estimate of drug-likeness (QED) is 0.777. The van der Waals surface area contributed by atoms with Crippen molar-refractivity contribution < 1.29 is 4.79 Å². The molecule has 118 valence electrons. The van der Waals surface area contributed by atoms with Crippen molar-refractivity contribution in [3.05, 3.63) is 64.6 Å². The summed E-state index contributed by atoms with van der Waals surface area (Å²) in [5.41, 5.74) is 5.28. The van der Waals surface area contributed by atoms with E-state index in [2.05, 4.69) is 45.6 Å². The SMILES string of the molecule is O=C1N(Nc2ccccc2)[C@@H](c2ccc(Br)cc2)C12CCCC2. The fourth-order valence-electron chi connectivity index (χ4n) is 4.03. The first-order valence-electron chi connectivity index (χ1n) is 8.12. The number of hydrazine groups is 1. The highest BCUT2D eigenvalue weighted by Crippen LogP contribution is 2.58. The molecule has 0 radical (unpaired) electrons. The summed E-state index contributed by atoms with van der Waals surface area (Å²) in [6.07, 6.45) is 4.30. The molecule has 2 aromatic rings. The summed E-state index contributed by atoms with van der Waals surface area (Å²) in [4.78, 5) is 12.9. The molecule has 1 N–H and O–H groups in total. The number of carbonyl (C=O) groups is 1. The number of halogens is 1. The number of nitrogens with zero attached hydrogens (tertiary/aromatic N) is 1. The number of amides is 1. The van der Waals surface area contributed by atoms with Crippen molar-refractivity contribution in [2.24, 2.45) is 5.41 Å². The maximum absolute atomic E-state index is 12.9. The van der Waals surface area contributed by atoms with E-state index in [0.29, 0.717) is 0 Å². The van der Waals surface area contributed by atoms with Gasteiger partial charge in [0.25, 0.3) is 0 Å². The summed E-state index contributed by atoms with van der Waals surface area (Å²) in [7, 11) is 0. The lowest BCUT2D eigenvalue weighted by atomic mass is 9.67. The summed E-state index contributed by atoms with van der Waals surface area (Å²) < 4.78 is 1.06. The molecule has 4 rings (SSSR count). The lowest BCUT2D eigenvalue weighted by Crippen LogP contribution is -2.64. The molecular weight excluding hydrogens is 352 g/mol. The van der Waals surface area contributed by atoms with E-state index in [9.17, 15) is 4.79 Å². The number of hydrogen-bond acceptors (Lipinski definition) is 2. The molecule has 4 heteroatoms. The average Bonchev–Trinajstić information content (AvgIpc) is 3.09. The third kappa shape index (κ3) is 2.36. The van der Waals surface area contributed by atoms with Gasteiger partial charge in [0.2, 0.25) is 5.91 Å². The standard InChI is InChI=1S/C19H19BrN2O/c20-15-10-8-14(9-11-15)17-19(12-4-5-13-19)18(23)22(17)21-16-6-2-1-3-7-16/h1-3,6-11,17,21H,4-5,12-13H2/t17-/m0/s1. The van der Waals surface area contributed by atoms with Crippen LogP contribution < -0.4 is 5.43 Å². The van der Waals surface area contributed by atoms with E-state index in [4.69, 9.17) is 0 Å². The Morgan fingerprint density at radius 1 is 1.00 bits per heavy atom. The zero-order valence-electron chi connectivity index (χ0n) is 12.8. The molecule has 2 fully saturated rings. The summed E-state index contributed by atoms with van der Waals surface area (Å²) in [6.45, 7) is 0. The first-order valence-corrected chi connectivity index (χ1v) is 8.91. The summed E-state index contributed by atoms with van der Waals surface area (Å²) >= 11 is 3.49. The van der Waals surface area contributed by atoms with Crippen LogP contribution in [0.15, 0.2) is 59.1 Å². The third-order valence-electron chi connectivity index (χ3n) is 5.13. The highest BCUT2D eigenvalue weighted by atomic mass is 79.9. The lowest BCUT2D eigenvalue weighted by Gasteiger charge is -2.54. The van der Waals surface area contributed by atoms with Crippen molar-refractivity contribution in [3.63, 3.8) is 0 Å². The van der Waals surface area contributed by atoms with Crippen LogP contribution in [0, 0.1) is 5.41 Å². The van der Waals surface area contributed by atoms with Crippen LogP contribution in [0.2, 0.25) is 0 Å². The molecule has 2 aromatic carbocycles. The van der Waals surface area contributed by atoms with E-state index in [-0.39, 0.29) is 17.4 Å². The van der Waals surface area contributed by atoms with E-state index < -0.39 is 0 Å². The van der Waals surface area contributed by atoms with Crippen LogP contribution in [0.5, 0.6) is 0 Å². The van der Waals surface area contributed by atoms with E-state index in [1.54, 1.807) is 0 Å². The van der Waals surface area contributed by atoms with E-state index in [1.165, 1.54) is 5.56 Å². The van der Waals surface area contributed by atoms with Crippen LogP contribution in [-0.4, -0.2) is 10.9 Å². The number of nitrogens with one attached hydrogen (secondary N) is 1. The van der Waals surface area contributed by atoms with Gasteiger partial charge in [0.1, 0.15) is 0 Å². The molecule has 1 saturated heterocycles. The maximum Gasteiger partial charge on any atom is 0.250 e. The highest BCUT2D eigenvalue weighted by molar-refractivity contribution is 9.10. The molecule has 0 unspecified atom stereocenters. The number of para-hydroxylation sites is 1. The molecule has 1 aliphatic heterocycles. The number of anilines is 1. The summed E-state index contributed by atoms with van der Waals surface area (Å²) in [6, 6.07) is 18.4. The molecule has 0 aromatic heterocycles. The number of hydrogen-bond donors (Lipinski definition) is 1. The molecule has 0 bridgehead atoms. The zero-order valence-corrected chi connectivity index (χ0v) is 14.4. The predicted octanol–water partition coefficient (Wildman–Crippen LogP) is 4.92. The first kappa shape index (κ1) is 14.8. The monoisotopic (exact) mass is 370 g/mol. The second-order valence-electron chi connectivity index (χ2n) is 6.47. The molecule has 3 nitrogen and oxygen atoms in total. The van der Waals surface area contributed by atoms with Crippen molar-refractivity contribution in [2.75, 3.05) is 5.43 Å². The Morgan fingerprint density at radius 2 is 1.65 bits per heavy atom. The minimum atomic E-state index is -0.199. The third-order valence-corrected chi connectivity index (χ3v) is 5.66. The van der Waals surface area contributed by atoms with Gasteiger partial charge in [0.15, 0.2) is 0 Å². The van der Waals surface area contributed by atoms with Crippen molar-refractivity contribution in [2.45, 2.75) is 31.7 Å². The maximum atomic E-state index is 12.9. The highest BCUT2D eigenvalue weighted by Gasteiger charge is 2.62. The van der Waals surface area contributed by atoms with Gasteiger partial charge in [0.05, 0.1) is 17.1 Å². The van der Waals surface area contributed by atoms with Crippen LogP contribution in [0.1, 0.15) is 37.3 Å². The first-order chi connectivity index (χ1) is 11.2. The van der Waals surface area contributed by atoms with E-state index in [1.807, 2.05) is 35.3 Å². The Labute approximate surface area is 144 Å². The molecule has 1 heterocycles. The van der Waals surface area contributed by atoms with Crippen LogP contribution >= 0.6 is 15.9 Å². The molecule has 1 spiro atoms. The average molecular weight is 371 g/mol. The zero-order chi connectivity index (χ0) is 15.9. The minimum absolute atomic E-state index is 0.116. The van der Waals surface area contributed by atoms with Crippen molar-refractivity contribution in [1.29, 1.82) is 0 Å². The van der Waals surface area contributed by atoms with Crippen LogP contribution in [-0.2, 0) is 4.79 Å². The van der Waals surface area contributed by atoms with E-state index >= 15 is 0 Å². The van der Waals surface area contributed by atoms with Crippen molar-refractivity contribution in [3.8, 4) is 0 Å². The molecule has 1 atom stereocenters. The smallest absolute Gasteiger partial charge is 0.250 e. The number of benzene rings is 2. The Morgan fingerprint density at radius 3 is 2.30 bits per heavy atom. The van der Waals surface area contributed by atoms with Gasteiger partial charge in [-0.05, 0) is 42.7 Å². The number of β-lactam (4-membered cyclic amide) rings is 1. The van der Waals surface area contributed by atoms with Gasteiger partial charge < -0.3 is 0 Å². The lowest BCUT2D eigenvalue weighted by molar-refractivity contribution is -0.169. The Balaban J connectivity index is 1.67. The second-order valence-corrected chi connectivity index (χ2v) is 7.39. The Hall–Kier alpha value is -1.81. The number of rotatable bonds is 3. The van der Waals surface area contributed by atoms with Crippen LogP contribution in [0.25, 0.3) is 0 Å². The van der Waals surface area contributed by atoms with Crippen molar-refractivity contribution in [1.82, 2.24) is 5.01 Å². The Kier molecular flexibility index (Phi) is 3.64. The number of carbonyl (C=O) groups excluding carboxylic acids is 1. The molecule has 1 aliphatic carbocycles. The molecular formula is C19H19BrN2O. The molecule has 2 aliphatic rings. The second kappa shape index (κ2) is 5.68. The topological polar surface area (TPSA) is 32.3 Å². The molecule has 1 amide bonds. The summed E-state index contributed by atoms with van der Waals surface area (Å²) in [5, 5.41) is 1.82. The van der Waals surface area contributed by atoms with Crippen LogP contribution in [0.3, 0.4) is 0 Å². The van der Waals surface area contributed by atoms with Crippen LogP contribution in [0.4, 0.5) is 5.69 Å². The van der Waals surface area contributed by atoms with Gasteiger partial charge >= 0.3 is 0 Å². The van der Waals surface area contributed by atoms with Gasteiger partial charge in [-0.2, -0.15) is 0 Å². The van der Waals surface area contributed by atoms with Gasteiger partial charge in [-0.15, -0.1) is 0 Å². The van der Waals surface area contributed by atoms with Gasteiger partial charge in [-0.3, -0.25) is 10.2 Å². The van der Waals surface area contributed by atoms with Gasteiger partial charge in [-0.25, -0.2) is 5.01 Å². The van der Waals surface area contributed by atoms with Gasteiger partial charge in [-0.1, -0.05) is 59.1 Å². The van der Waals surface area contributed by atoms with E-state index in [0.717, 1.165) is 35.8 Å². The van der Waals surface area contributed by atoms with Gasteiger partial charge in [0, 0.05) is 4.47 Å². The van der Waals surface area contributed by atoms with Crippen molar-refractivity contribution >= 4 is 27.5 Å². The molecule has 23 heavy (non-hydrogen) atoms. The molecule has 1 saturated carbocycles. The fourth-order valence-corrected chi connectivity index (χ4v) is 4.29. The Bertz CT molecular complexity index is 708. The normalized spacial score (nSPS) is 22.2. The summed E-state index contributed by atoms with van der Waals surface area (Å²) in [5.74, 6) is 0.242. The fraction of sp³-hybridized carbons (Fsp3) is 0.316. The predicted molar refractivity (Wildman–Crippen MR) is 94.7 cm³/mol. The minimum Gasteiger partial charge on any atom is -0.295 e.